The Morgan fingerprint density at radius 2 is 2.11 bits per heavy atom. The van der Waals surface area contributed by atoms with Crippen molar-refractivity contribution in [1.29, 1.82) is 0 Å². The van der Waals surface area contributed by atoms with Gasteiger partial charge in [-0.15, -0.1) is 0 Å². The highest BCUT2D eigenvalue weighted by Gasteiger charge is 2.29. The van der Waals surface area contributed by atoms with Crippen molar-refractivity contribution in [3.8, 4) is 0 Å². The van der Waals surface area contributed by atoms with E-state index >= 15 is 0 Å². The molecule has 3 heteroatoms. The van der Waals surface area contributed by atoms with Gasteiger partial charge in [-0.3, -0.25) is 0 Å². The minimum Gasteiger partial charge on any atom is -0.364 e. The van der Waals surface area contributed by atoms with Gasteiger partial charge in [0.2, 0.25) is 0 Å². The Labute approximate surface area is 115 Å². The fraction of sp³-hybridized carbons (Fsp3) is 0.600. The van der Waals surface area contributed by atoms with Gasteiger partial charge in [0.15, 0.2) is 0 Å². The van der Waals surface area contributed by atoms with E-state index in [1.165, 1.54) is 11.3 Å². The van der Waals surface area contributed by atoms with E-state index < -0.39 is 0 Å². The Kier molecular flexibility index (Phi) is 4.18. The number of halogens is 1. The molecule has 1 aromatic carbocycles. The molecule has 1 heterocycles. The zero-order valence-corrected chi connectivity index (χ0v) is 12.5. The van der Waals surface area contributed by atoms with Gasteiger partial charge in [0, 0.05) is 25.2 Å². The van der Waals surface area contributed by atoms with Crippen molar-refractivity contribution in [2.45, 2.75) is 39.8 Å². The van der Waals surface area contributed by atoms with Gasteiger partial charge in [-0.2, -0.15) is 0 Å². The van der Waals surface area contributed by atoms with E-state index in [0.29, 0.717) is 18.0 Å². The van der Waals surface area contributed by atoms with Gasteiger partial charge in [0.1, 0.15) is 0 Å². The molecule has 1 N–H and O–H groups in total. The van der Waals surface area contributed by atoms with E-state index in [0.717, 1.165) is 18.1 Å². The van der Waals surface area contributed by atoms with Crippen LogP contribution < -0.4 is 10.2 Å². The number of anilines is 1. The number of aryl methyl sites for hydroxylation is 1. The summed E-state index contributed by atoms with van der Waals surface area (Å²) in [5.74, 6) is 0.613. The topological polar surface area (TPSA) is 15.3 Å². The monoisotopic (exact) mass is 266 g/mol. The van der Waals surface area contributed by atoms with Crippen LogP contribution in [-0.2, 0) is 0 Å². The lowest BCUT2D eigenvalue weighted by molar-refractivity contribution is 0.349. The van der Waals surface area contributed by atoms with Crippen molar-refractivity contribution in [3.05, 3.63) is 28.8 Å². The Morgan fingerprint density at radius 1 is 1.39 bits per heavy atom. The molecule has 1 aromatic rings. The fourth-order valence-corrected chi connectivity index (χ4v) is 2.99. The zero-order chi connectivity index (χ0) is 13.3. The van der Waals surface area contributed by atoms with E-state index in [2.05, 4.69) is 56.1 Å². The number of nitrogens with zero attached hydrogens (tertiary/aromatic N) is 1. The molecule has 0 saturated carbocycles. The molecular weight excluding hydrogens is 244 g/mol. The lowest BCUT2D eigenvalue weighted by Crippen LogP contribution is -2.57. The van der Waals surface area contributed by atoms with Crippen LogP contribution in [0.15, 0.2) is 18.2 Å². The van der Waals surface area contributed by atoms with E-state index in [4.69, 9.17) is 11.6 Å². The summed E-state index contributed by atoms with van der Waals surface area (Å²) in [5.41, 5.74) is 2.39. The van der Waals surface area contributed by atoms with Crippen LogP contribution in [0, 0.1) is 12.8 Å². The number of nitrogens with one attached hydrogen (secondary N) is 1. The fourth-order valence-electron chi connectivity index (χ4n) is 2.64. The summed E-state index contributed by atoms with van der Waals surface area (Å²) in [6.45, 7) is 10.9. The molecule has 1 fully saturated rings. The standard InChI is InChI=1S/C15H23ClN2/c1-10(2)15-8-17-12(4)9-18(15)14-6-5-11(3)7-13(14)16/h5-7,10,12,15,17H,8-9H2,1-4H3. The highest BCUT2D eigenvalue weighted by molar-refractivity contribution is 6.33. The van der Waals surface area contributed by atoms with E-state index in [-0.39, 0.29) is 0 Å². The summed E-state index contributed by atoms with van der Waals surface area (Å²) in [6.07, 6.45) is 0. The van der Waals surface area contributed by atoms with Crippen LogP contribution in [0.1, 0.15) is 26.3 Å². The average molecular weight is 267 g/mol. The second-order valence-corrected chi connectivity index (χ2v) is 6.14. The van der Waals surface area contributed by atoms with E-state index in [1.54, 1.807) is 0 Å². The van der Waals surface area contributed by atoms with Crippen molar-refractivity contribution in [2.24, 2.45) is 5.92 Å². The van der Waals surface area contributed by atoms with Crippen LogP contribution in [-0.4, -0.2) is 25.2 Å². The minimum atomic E-state index is 0.511. The largest absolute Gasteiger partial charge is 0.364 e. The van der Waals surface area contributed by atoms with Crippen LogP contribution >= 0.6 is 11.6 Å². The molecule has 0 aromatic heterocycles. The maximum atomic E-state index is 6.42. The molecule has 1 aliphatic heterocycles. The van der Waals surface area contributed by atoms with E-state index in [1.807, 2.05) is 0 Å². The molecule has 2 atom stereocenters. The third-order valence-electron chi connectivity index (χ3n) is 3.73. The molecule has 100 valence electrons. The van der Waals surface area contributed by atoms with Crippen LogP contribution in [0.5, 0.6) is 0 Å². The zero-order valence-electron chi connectivity index (χ0n) is 11.7. The highest BCUT2D eigenvalue weighted by atomic mass is 35.5. The normalized spacial score (nSPS) is 24.7. The van der Waals surface area contributed by atoms with Crippen molar-refractivity contribution in [1.82, 2.24) is 5.32 Å². The number of hydrogen-bond acceptors (Lipinski definition) is 2. The van der Waals surface area contributed by atoms with Crippen LogP contribution in [0.25, 0.3) is 0 Å². The first-order valence-electron chi connectivity index (χ1n) is 6.75. The molecule has 1 saturated heterocycles. The molecule has 0 spiro atoms. The molecular formula is C15H23ClN2. The SMILES string of the molecule is Cc1ccc(N2CC(C)NCC2C(C)C)c(Cl)c1. The Morgan fingerprint density at radius 3 is 2.72 bits per heavy atom. The van der Waals surface area contributed by atoms with Crippen molar-refractivity contribution in [3.63, 3.8) is 0 Å². The van der Waals surface area contributed by atoms with Crippen molar-refractivity contribution in [2.75, 3.05) is 18.0 Å². The van der Waals surface area contributed by atoms with Crippen LogP contribution in [0.4, 0.5) is 5.69 Å². The molecule has 18 heavy (non-hydrogen) atoms. The summed E-state index contributed by atoms with van der Waals surface area (Å²) in [4.78, 5) is 2.47. The molecule has 2 unspecified atom stereocenters. The van der Waals surface area contributed by atoms with Gasteiger partial charge in [-0.25, -0.2) is 0 Å². The van der Waals surface area contributed by atoms with Gasteiger partial charge in [-0.1, -0.05) is 31.5 Å². The van der Waals surface area contributed by atoms with Crippen LogP contribution in [0.2, 0.25) is 5.02 Å². The molecule has 2 rings (SSSR count). The lowest BCUT2D eigenvalue weighted by atomic mass is 9.97. The van der Waals surface area contributed by atoms with Gasteiger partial charge in [-0.05, 0) is 37.5 Å². The first-order chi connectivity index (χ1) is 8.49. The molecule has 0 bridgehead atoms. The summed E-state index contributed by atoms with van der Waals surface area (Å²) in [7, 11) is 0. The predicted octanol–water partition coefficient (Wildman–Crippen LogP) is 3.47. The maximum Gasteiger partial charge on any atom is 0.0642 e. The van der Waals surface area contributed by atoms with Crippen molar-refractivity contribution >= 4 is 17.3 Å². The quantitative estimate of drug-likeness (QED) is 0.882. The molecule has 0 radical (unpaired) electrons. The number of rotatable bonds is 2. The van der Waals surface area contributed by atoms with Gasteiger partial charge >= 0.3 is 0 Å². The lowest BCUT2D eigenvalue weighted by Gasteiger charge is -2.43. The summed E-state index contributed by atoms with van der Waals surface area (Å²) in [5, 5.41) is 4.43. The Bertz CT molecular complexity index is 417. The summed E-state index contributed by atoms with van der Waals surface area (Å²) < 4.78 is 0. The molecule has 0 aliphatic carbocycles. The number of piperazine rings is 1. The van der Waals surface area contributed by atoms with E-state index in [9.17, 15) is 0 Å². The summed E-state index contributed by atoms with van der Waals surface area (Å²) in [6, 6.07) is 7.39. The minimum absolute atomic E-state index is 0.511. The molecule has 2 nitrogen and oxygen atoms in total. The van der Waals surface area contributed by atoms with Crippen molar-refractivity contribution < 1.29 is 0 Å². The first-order valence-corrected chi connectivity index (χ1v) is 7.13. The second-order valence-electron chi connectivity index (χ2n) is 5.73. The van der Waals surface area contributed by atoms with Gasteiger partial charge in [0.05, 0.1) is 10.7 Å². The van der Waals surface area contributed by atoms with Gasteiger partial charge < -0.3 is 10.2 Å². The van der Waals surface area contributed by atoms with Crippen LogP contribution in [0.3, 0.4) is 0 Å². The molecule has 1 aliphatic rings. The number of benzene rings is 1. The first kappa shape index (κ1) is 13.7. The second kappa shape index (κ2) is 5.50. The Hall–Kier alpha value is -0.730. The predicted molar refractivity (Wildman–Crippen MR) is 79.6 cm³/mol. The third kappa shape index (κ3) is 2.81. The molecule has 0 amide bonds. The van der Waals surface area contributed by atoms with Gasteiger partial charge in [0.25, 0.3) is 0 Å². The highest BCUT2D eigenvalue weighted by Crippen LogP contribution is 2.31. The smallest absolute Gasteiger partial charge is 0.0642 e. The number of hydrogen-bond donors (Lipinski definition) is 1. The summed E-state index contributed by atoms with van der Waals surface area (Å²) >= 11 is 6.42. The average Bonchev–Trinajstić information content (AvgIpc) is 2.28. The Balaban J connectivity index is 2.32. The maximum absolute atomic E-state index is 6.42. The third-order valence-corrected chi connectivity index (χ3v) is 4.03.